The number of hydrogen-bond acceptors (Lipinski definition) is 2. The first-order valence-electron chi connectivity index (χ1n) is 5.71. The SMILES string of the molecule is CCCCC(C)OCCOC(C)(C)C. The van der Waals surface area contributed by atoms with Gasteiger partial charge in [0, 0.05) is 0 Å². The lowest BCUT2D eigenvalue weighted by molar-refractivity contribution is -0.0497. The first kappa shape index (κ1) is 13.9. The van der Waals surface area contributed by atoms with Gasteiger partial charge in [0.2, 0.25) is 0 Å². The van der Waals surface area contributed by atoms with Gasteiger partial charge in [-0.2, -0.15) is 0 Å². The van der Waals surface area contributed by atoms with Crippen LogP contribution in [0.25, 0.3) is 0 Å². The third-order valence-corrected chi connectivity index (χ3v) is 1.98. The second-order valence-electron chi connectivity index (χ2n) is 4.78. The summed E-state index contributed by atoms with van der Waals surface area (Å²) in [5.74, 6) is 0. The molecule has 86 valence electrons. The van der Waals surface area contributed by atoms with Crippen LogP contribution < -0.4 is 0 Å². The monoisotopic (exact) mass is 202 g/mol. The first-order chi connectivity index (χ1) is 6.45. The molecule has 0 heterocycles. The summed E-state index contributed by atoms with van der Waals surface area (Å²) in [6.45, 7) is 11.9. The Bertz CT molecular complexity index is 127. The topological polar surface area (TPSA) is 18.5 Å². The largest absolute Gasteiger partial charge is 0.376 e. The molecule has 0 rings (SSSR count). The van der Waals surface area contributed by atoms with Gasteiger partial charge in [-0.25, -0.2) is 0 Å². The summed E-state index contributed by atoms with van der Waals surface area (Å²) in [6.07, 6.45) is 4.03. The van der Waals surface area contributed by atoms with E-state index in [1.54, 1.807) is 0 Å². The molecular weight excluding hydrogens is 176 g/mol. The minimum absolute atomic E-state index is 0.0456. The van der Waals surface area contributed by atoms with Crippen molar-refractivity contribution in [2.75, 3.05) is 13.2 Å². The lowest BCUT2D eigenvalue weighted by atomic mass is 10.2. The highest BCUT2D eigenvalue weighted by Crippen LogP contribution is 2.07. The molecule has 0 aromatic carbocycles. The Morgan fingerprint density at radius 3 is 2.29 bits per heavy atom. The third-order valence-electron chi connectivity index (χ3n) is 1.98. The molecule has 0 aliphatic carbocycles. The van der Waals surface area contributed by atoms with Gasteiger partial charge in [0.25, 0.3) is 0 Å². The molecule has 2 nitrogen and oxygen atoms in total. The number of rotatable bonds is 7. The summed E-state index contributed by atoms with van der Waals surface area (Å²) in [5.41, 5.74) is -0.0456. The van der Waals surface area contributed by atoms with Gasteiger partial charge in [-0.1, -0.05) is 19.8 Å². The lowest BCUT2D eigenvalue weighted by Crippen LogP contribution is -2.23. The highest BCUT2D eigenvalue weighted by molar-refractivity contribution is 4.58. The Hall–Kier alpha value is -0.0800. The van der Waals surface area contributed by atoms with E-state index >= 15 is 0 Å². The van der Waals surface area contributed by atoms with Crippen LogP contribution in [0.15, 0.2) is 0 Å². The summed E-state index contributed by atoms with van der Waals surface area (Å²) in [4.78, 5) is 0. The van der Waals surface area contributed by atoms with Crippen LogP contribution in [0.2, 0.25) is 0 Å². The zero-order chi connectivity index (χ0) is 11.0. The van der Waals surface area contributed by atoms with Gasteiger partial charge in [0.05, 0.1) is 24.9 Å². The zero-order valence-corrected chi connectivity index (χ0v) is 10.4. The van der Waals surface area contributed by atoms with Gasteiger partial charge in [-0.05, 0) is 34.1 Å². The van der Waals surface area contributed by atoms with Crippen LogP contribution >= 0.6 is 0 Å². The van der Waals surface area contributed by atoms with Crippen molar-refractivity contribution in [1.29, 1.82) is 0 Å². The molecule has 0 aromatic rings. The van der Waals surface area contributed by atoms with Crippen LogP contribution in [0.5, 0.6) is 0 Å². The number of unbranched alkanes of at least 4 members (excludes halogenated alkanes) is 1. The van der Waals surface area contributed by atoms with Crippen molar-refractivity contribution >= 4 is 0 Å². The number of ether oxygens (including phenoxy) is 2. The molecule has 2 heteroatoms. The molecule has 1 atom stereocenters. The van der Waals surface area contributed by atoms with Crippen molar-refractivity contribution in [1.82, 2.24) is 0 Å². The van der Waals surface area contributed by atoms with Gasteiger partial charge in [-0.15, -0.1) is 0 Å². The quantitative estimate of drug-likeness (QED) is 0.589. The van der Waals surface area contributed by atoms with E-state index in [2.05, 4.69) is 34.6 Å². The minimum atomic E-state index is -0.0456. The van der Waals surface area contributed by atoms with Gasteiger partial charge >= 0.3 is 0 Å². The van der Waals surface area contributed by atoms with E-state index in [0.717, 1.165) is 6.42 Å². The lowest BCUT2D eigenvalue weighted by Gasteiger charge is -2.20. The van der Waals surface area contributed by atoms with Crippen LogP contribution in [0.3, 0.4) is 0 Å². The number of hydrogen-bond donors (Lipinski definition) is 0. The average Bonchev–Trinajstić information content (AvgIpc) is 2.07. The highest BCUT2D eigenvalue weighted by Gasteiger charge is 2.09. The molecule has 0 fully saturated rings. The minimum Gasteiger partial charge on any atom is -0.376 e. The zero-order valence-electron chi connectivity index (χ0n) is 10.4. The Morgan fingerprint density at radius 1 is 1.14 bits per heavy atom. The van der Waals surface area contributed by atoms with Gasteiger partial charge < -0.3 is 9.47 Å². The molecule has 0 aromatic heterocycles. The van der Waals surface area contributed by atoms with Gasteiger partial charge in [0.15, 0.2) is 0 Å². The maximum absolute atomic E-state index is 5.61. The van der Waals surface area contributed by atoms with Crippen molar-refractivity contribution in [2.45, 2.75) is 65.6 Å². The average molecular weight is 202 g/mol. The summed E-state index contributed by atoms with van der Waals surface area (Å²) >= 11 is 0. The molecule has 0 spiro atoms. The van der Waals surface area contributed by atoms with Crippen LogP contribution in [0.1, 0.15) is 53.9 Å². The predicted octanol–water partition coefficient (Wildman–Crippen LogP) is 3.40. The molecule has 0 N–H and O–H groups in total. The van der Waals surface area contributed by atoms with E-state index in [9.17, 15) is 0 Å². The smallest absolute Gasteiger partial charge is 0.0707 e. The summed E-state index contributed by atoms with van der Waals surface area (Å²) in [6, 6.07) is 0. The molecule has 1 unspecified atom stereocenters. The van der Waals surface area contributed by atoms with E-state index in [1.165, 1.54) is 12.8 Å². The van der Waals surface area contributed by atoms with Crippen molar-refractivity contribution in [3.63, 3.8) is 0 Å². The van der Waals surface area contributed by atoms with Crippen molar-refractivity contribution in [3.05, 3.63) is 0 Å². The standard InChI is InChI=1S/C12H26O2/c1-6-7-8-11(2)13-9-10-14-12(3,4)5/h11H,6-10H2,1-5H3. The Morgan fingerprint density at radius 2 is 1.79 bits per heavy atom. The van der Waals surface area contributed by atoms with Crippen molar-refractivity contribution in [2.24, 2.45) is 0 Å². The van der Waals surface area contributed by atoms with Crippen LogP contribution in [0, 0.1) is 0 Å². The Kier molecular flexibility index (Phi) is 7.20. The van der Waals surface area contributed by atoms with Crippen LogP contribution in [-0.2, 0) is 9.47 Å². The molecule has 0 bridgehead atoms. The molecule has 0 aliphatic rings. The second-order valence-corrected chi connectivity index (χ2v) is 4.78. The van der Waals surface area contributed by atoms with E-state index in [0.29, 0.717) is 19.3 Å². The molecule has 14 heavy (non-hydrogen) atoms. The first-order valence-corrected chi connectivity index (χ1v) is 5.71. The van der Waals surface area contributed by atoms with Crippen molar-refractivity contribution < 1.29 is 9.47 Å². The molecule has 0 aliphatic heterocycles. The Balaban J connectivity index is 3.27. The van der Waals surface area contributed by atoms with E-state index in [4.69, 9.17) is 9.47 Å². The fourth-order valence-corrected chi connectivity index (χ4v) is 1.17. The van der Waals surface area contributed by atoms with E-state index in [1.807, 2.05) is 0 Å². The molecule has 0 radical (unpaired) electrons. The predicted molar refractivity (Wildman–Crippen MR) is 60.6 cm³/mol. The Labute approximate surface area is 89.0 Å². The fourth-order valence-electron chi connectivity index (χ4n) is 1.17. The maximum Gasteiger partial charge on any atom is 0.0707 e. The van der Waals surface area contributed by atoms with Crippen molar-refractivity contribution in [3.8, 4) is 0 Å². The second kappa shape index (κ2) is 7.24. The van der Waals surface area contributed by atoms with E-state index < -0.39 is 0 Å². The summed E-state index contributed by atoms with van der Waals surface area (Å²) in [7, 11) is 0. The highest BCUT2D eigenvalue weighted by atomic mass is 16.5. The third kappa shape index (κ3) is 10.0. The van der Waals surface area contributed by atoms with E-state index in [-0.39, 0.29) is 5.60 Å². The van der Waals surface area contributed by atoms with Gasteiger partial charge in [0.1, 0.15) is 0 Å². The maximum atomic E-state index is 5.61. The molecule has 0 saturated carbocycles. The normalized spacial score (nSPS) is 14.4. The van der Waals surface area contributed by atoms with Gasteiger partial charge in [-0.3, -0.25) is 0 Å². The molecule has 0 saturated heterocycles. The van der Waals surface area contributed by atoms with Crippen LogP contribution in [0.4, 0.5) is 0 Å². The molecular formula is C12H26O2. The summed E-state index contributed by atoms with van der Waals surface area (Å²) < 4.78 is 11.2. The summed E-state index contributed by atoms with van der Waals surface area (Å²) in [5, 5.41) is 0. The fraction of sp³-hybridized carbons (Fsp3) is 1.00. The van der Waals surface area contributed by atoms with Crippen LogP contribution in [-0.4, -0.2) is 24.9 Å². The molecule has 0 amide bonds.